The van der Waals surface area contributed by atoms with E-state index in [4.69, 9.17) is 5.73 Å². The van der Waals surface area contributed by atoms with E-state index >= 15 is 0 Å². The molecular formula is C20H23N5OS. The Kier molecular flexibility index (Phi) is 6.28. The molecule has 0 aliphatic carbocycles. The molecule has 0 saturated carbocycles. The number of aromatic nitrogens is 2. The Balaban J connectivity index is 1.70. The van der Waals surface area contributed by atoms with Gasteiger partial charge >= 0.3 is 0 Å². The zero-order valence-electron chi connectivity index (χ0n) is 15.4. The second-order valence-corrected chi connectivity index (χ2v) is 7.40. The molecule has 2 aromatic heterocycles. The van der Waals surface area contributed by atoms with Crippen molar-refractivity contribution in [2.45, 2.75) is 12.5 Å². The average Bonchev–Trinajstić information content (AvgIpc) is 3.15. The standard InChI is InChI=1S/C20H23N5OS/c1-25(2)11-8-17(21)19(26)24-20-23-18(13-27-20)16-5-3-4-15(12-16)14-6-9-22-10-7-14/h3-7,9-10,12-13,17H,8,11,21H2,1-2H3,(H,23,24,26). The quantitative estimate of drug-likeness (QED) is 0.657. The molecule has 3 rings (SSSR count). The third kappa shape index (κ3) is 5.19. The van der Waals surface area contributed by atoms with Crippen molar-refractivity contribution in [2.24, 2.45) is 5.73 Å². The van der Waals surface area contributed by atoms with Crippen LogP contribution in [0.15, 0.2) is 54.2 Å². The van der Waals surface area contributed by atoms with E-state index in [1.807, 2.05) is 48.6 Å². The van der Waals surface area contributed by atoms with E-state index in [0.29, 0.717) is 11.6 Å². The summed E-state index contributed by atoms with van der Waals surface area (Å²) in [6.07, 6.45) is 4.15. The van der Waals surface area contributed by atoms with Crippen molar-refractivity contribution >= 4 is 22.4 Å². The van der Waals surface area contributed by atoms with Crippen molar-refractivity contribution in [1.82, 2.24) is 14.9 Å². The molecule has 6 nitrogen and oxygen atoms in total. The van der Waals surface area contributed by atoms with Crippen LogP contribution >= 0.6 is 11.3 Å². The number of hydrogen-bond acceptors (Lipinski definition) is 6. The molecule has 1 atom stereocenters. The van der Waals surface area contributed by atoms with E-state index in [9.17, 15) is 4.79 Å². The third-order valence-corrected chi connectivity index (χ3v) is 4.89. The Bertz CT molecular complexity index is 894. The van der Waals surface area contributed by atoms with Crippen LogP contribution in [0, 0.1) is 0 Å². The Hall–Kier alpha value is -2.61. The number of nitrogens with zero attached hydrogens (tertiary/aromatic N) is 3. The predicted octanol–water partition coefficient (Wildman–Crippen LogP) is 3.09. The number of pyridine rings is 1. The lowest BCUT2D eigenvalue weighted by molar-refractivity contribution is -0.117. The minimum atomic E-state index is -0.547. The predicted molar refractivity (Wildman–Crippen MR) is 111 cm³/mol. The minimum absolute atomic E-state index is 0.205. The van der Waals surface area contributed by atoms with Gasteiger partial charge < -0.3 is 16.0 Å². The molecule has 0 aliphatic heterocycles. The Morgan fingerprint density at radius 1 is 1.19 bits per heavy atom. The maximum atomic E-state index is 12.2. The molecule has 1 aromatic carbocycles. The first-order chi connectivity index (χ1) is 13.0. The lowest BCUT2D eigenvalue weighted by Gasteiger charge is -2.14. The number of thiazole rings is 1. The zero-order chi connectivity index (χ0) is 19.2. The summed E-state index contributed by atoms with van der Waals surface area (Å²) >= 11 is 1.40. The van der Waals surface area contributed by atoms with Gasteiger partial charge in [0.15, 0.2) is 5.13 Å². The monoisotopic (exact) mass is 381 g/mol. The number of hydrogen-bond donors (Lipinski definition) is 2. The highest BCUT2D eigenvalue weighted by Crippen LogP contribution is 2.28. The average molecular weight is 382 g/mol. The van der Waals surface area contributed by atoms with Crippen LogP contribution in [0.2, 0.25) is 0 Å². The first-order valence-electron chi connectivity index (χ1n) is 8.70. The molecule has 0 fully saturated rings. The molecule has 140 valence electrons. The summed E-state index contributed by atoms with van der Waals surface area (Å²) in [5.74, 6) is -0.205. The molecule has 7 heteroatoms. The van der Waals surface area contributed by atoms with Crippen LogP contribution in [-0.4, -0.2) is 47.5 Å². The number of carbonyl (C=O) groups is 1. The van der Waals surface area contributed by atoms with Gasteiger partial charge in [-0.1, -0.05) is 18.2 Å². The Labute approximate surface area is 163 Å². The van der Waals surface area contributed by atoms with Gasteiger partial charge in [-0.25, -0.2) is 4.98 Å². The van der Waals surface area contributed by atoms with E-state index in [1.54, 1.807) is 12.4 Å². The highest BCUT2D eigenvalue weighted by molar-refractivity contribution is 7.14. The number of benzene rings is 1. The van der Waals surface area contributed by atoms with Crippen molar-refractivity contribution in [3.8, 4) is 22.4 Å². The largest absolute Gasteiger partial charge is 0.320 e. The molecule has 3 aromatic rings. The van der Waals surface area contributed by atoms with Gasteiger partial charge in [-0.3, -0.25) is 9.78 Å². The lowest BCUT2D eigenvalue weighted by Crippen LogP contribution is -2.37. The number of nitrogens with two attached hydrogens (primary N) is 1. The smallest absolute Gasteiger partial charge is 0.243 e. The number of anilines is 1. The maximum Gasteiger partial charge on any atom is 0.243 e. The van der Waals surface area contributed by atoms with Crippen LogP contribution in [-0.2, 0) is 4.79 Å². The first-order valence-corrected chi connectivity index (χ1v) is 9.58. The van der Waals surface area contributed by atoms with Crippen LogP contribution in [0.3, 0.4) is 0 Å². The van der Waals surface area contributed by atoms with Gasteiger partial charge in [-0.15, -0.1) is 11.3 Å². The van der Waals surface area contributed by atoms with Gasteiger partial charge in [-0.2, -0.15) is 0 Å². The third-order valence-electron chi connectivity index (χ3n) is 4.13. The van der Waals surface area contributed by atoms with Crippen LogP contribution in [0.5, 0.6) is 0 Å². The van der Waals surface area contributed by atoms with Crippen LogP contribution in [0.4, 0.5) is 5.13 Å². The van der Waals surface area contributed by atoms with Crippen LogP contribution < -0.4 is 11.1 Å². The highest BCUT2D eigenvalue weighted by Gasteiger charge is 2.15. The fourth-order valence-corrected chi connectivity index (χ4v) is 3.32. The van der Waals surface area contributed by atoms with Gasteiger partial charge in [0.2, 0.25) is 5.91 Å². The molecule has 0 spiro atoms. The Morgan fingerprint density at radius 2 is 1.93 bits per heavy atom. The SMILES string of the molecule is CN(C)CCC(N)C(=O)Nc1nc(-c2cccc(-c3ccncc3)c2)cs1. The highest BCUT2D eigenvalue weighted by atomic mass is 32.1. The van der Waals surface area contributed by atoms with E-state index in [-0.39, 0.29) is 5.91 Å². The summed E-state index contributed by atoms with van der Waals surface area (Å²) in [5.41, 5.74) is 9.97. The fourth-order valence-electron chi connectivity index (χ4n) is 2.59. The van der Waals surface area contributed by atoms with Crippen molar-refractivity contribution < 1.29 is 4.79 Å². The number of nitrogens with one attached hydrogen (secondary N) is 1. The van der Waals surface area contributed by atoms with E-state index in [0.717, 1.165) is 28.9 Å². The molecule has 0 aliphatic rings. The summed E-state index contributed by atoms with van der Waals surface area (Å²) in [4.78, 5) is 22.8. The molecule has 27 heavy (non-hydrogen) atoms. The van der Waals surface area contributed by atoms with Crippen molar-refractivity contribution in [3.05, 3.63) is 54.2 Å². The number of carbonyl (C=O) groups excluding carboxylic acids is 1. The summed E-state index contributed by atoms with van der Waals surface area (Å²) < 4.78 is 0. The molecule has 0 radical (unpaired) electrons. The van der Waals surface area contributed by atoms with Crippen molar-refractivity contribution in [2.75, 3.05) is 26.0 Å². The second-order valence-electron chi connectivity index (χ2n) is 6.54. The maximum absolute atomic E-state index is 12.2. The topological polar surface area (TPSA) is 84.1 Å². The van der Waals surface area contributed by atoms with Crippen LogP contribution in [0.1, 0.15) is 6.42 Å². The normalized spacial score (nSPS) is 12.1. The first kappa shape index (κ1) is 19.2. The van der Waals surface area contributed by atoms with E-state index in [2.05, 4.69) is 27.4 Å². The number of rotatable bonds is 7. The van der Waals surface area contributed by atoms with Gasteiger partial charge in [0.25, 0.3) is 0 Å². The zero-order valence-corrected chi connectivity index (χ0v) is 16.2. The van der Waals surface area contributed by atoms with E-state index in [1.165, 1.54) is 11.3 Å². The molecule has 3 N–H and O–H groups in total. The Morgan fingerprint density at radius 3 is 2.67 bits per heavy atom. The molecule has 1 amide bonds. The van der Waals surface area contributed by atoms with Gasteiger partial charge in [-0.05, 0) is 56.4 Å². The number of amides is 1. The van der Waals surface area contributed by atoms with E-state index < -0.39 is 6.04 Å². The van der Waals surface area contributed by atoms with Crippen molar-refractivity contribution in [3.63, 3.8) is 0 Å². The molecule has 1 unspecified atom stereocenters. The summed E-state index contributed by atoms with van der Waals surface area (Å²) in [6, 6.07) is 11.5. The summed E-state index contributed by atoms with van der Waals surface area (Å²) in [7, 11) is 3.91. The fraction of sp³-hybridized carbons (Fsp3) is 0.250. The van der Waals surface area contributed by atoms with Gasteiger partial charge in [0.05, 0.1) is 11.7 Å². The van der Waals surface area contributed by atoms with Crippen LogP contribution in [0.25, 0.3) is 22.4 Å². The van der Waals surface area contributed by atoms with Gasteiger partial charge in [0.1, 0.15) is 0 Å². The summed E-state index contributed by atoms with van der Waals surface area (Å²) in [6.45, 7) is 0.763. The molecule has 2 heterocycles. The molecule has 0 saturated heterocycles. The molecule has 0 bridgehead atoms. The van der Waals surface area contributed by atoms with Gasteiger partial charge in [0, 0.05) is 23.3 Å². The summed E-state index contributed by atoms with van der Waals surface area (Å²) in [5, 5.41) is 5.32. The lowest BCUT2D eigenvalue weighted by atomic mass is 10.0. The second kappa shape index (κ2) is 8.85. The minimum Gasteiger partial charge on any atom is -0.320 e. The molecular weight excluding hydrogens is 358 g/mol. The van der Waals surface area contributed by atoms with Crippen molar-refractivity contribution in [1.29, 1.82) is 0 Å².